The number of aromatic nitrogens is 2. The van der Waals surface area contributed by atoms with Crippen LogP contribution in [0.2, 0.25) is 0 Å². The van der Waals surface area contributed by atoms with Gasteiger partial charge in [0.05, 0.1) is 12.1 Å². The zero-order valence-electron chi connectivity index (χ0n) is 12.1. The first kappa shape index (κ1) is 16.4. The largest absolute Gasteiger partial charge is 0.338 e. The summed E-state index contributed by atoms with van der Waals surface area (Å²) < 4.78 is 5.30. The second-order valence-corrected chi connectivity index (χ2v) is 5.76. The molecule has 19 heavy (non-hydrogen) atoms. The lowest BCUT2D eigenvalue weighted by atomic mass is 10.0. The summed E-state index contributed by atoms with van der Waals surface area (Å²) in [5, 5.41) is 3.97. The van der Waals surface area contributed by atoms with Crippen LogP contribution in [0, 0.1) is 0 Å². The molecule has 0 spiro atoms. The Morgan fingerprint density at radius 1 is 1.42 bits per heavy atom. The molecule has 1 aliphatic heterocycles. The van der Waals surface area contributed by atoms with Crippen molar-refractivity contribution in [2.24, 2.45) is 5.73 Å². The molecular formula is C13H25ClN4O. The van der Waals surface area contributed by atoms with Gasteiger partial charge in [0.15, 0.2) is 5.82 Å². The predicted molar refractivity (Wildman–Crippen MR) is 77.1 cm³/mol. The highest BCUT2D eigenvalue weighted by Crippen LogP contribution is 2.22. The number of nitrogens with two attached hydrogens (primary N) is 1. The summed E-state index contributed by atoms with van der Waals surface area (Å²) in [6.07, 6.45) is 5.06. The summed E-state index contributed by atoms with van der Waals surface area (Å²) in [4.78, 5) is 6.85. The van der Waals surface area contributed by atoms with Gasteiger partial charge in [0.2, 0.25) is 5.89 Å². The number of hydrogen-bond acceptors (Lipinski definition) is 5. The van der Waals surface area contributed by atoms with Gasteiger partial charge < -0.3 is 10.3 Å². The molecule has 0 aliphatic carbocycles. The quantitative estimate of drug-likeness (QED) is 0.922. The first-order valence-corrected chi connectivity index (χ1v) is 6.86. The fourth-order valence-electron chi connectivity index (χ4n) is 2.49. The monoisotopic (exact) mass is 288 g/mol. The summed E-state index contributed by atoms with van der Waals surface area (Å²) in [5.74, 6) is 1.27. The van der Waals surface area contributed by atoms with Crippen molar-refractivity contribution in [1.29, 1.82) is 0 Å². The minimum absolute atomic E-state index is 0. The summed E-state index contributed by atoms with van der Waals surface area (Å²) >= 11 is 0. The molecule has 1 aromatic rings. The van der Waals surface area contributed by atoms with Gasteiger partial charge in [-0.05, 0) is 39.7 Å². The van der Waals surface area contributed by atoms with Crippen molar-refractivity contribution in [3.63, 3.8) is 0 Å². The van der Waals surface area contributed by atoms with Gasteiger partial charge in [0.1, 0.15) is 0 Å². The van der Waals surface area contributed by atoms with Gasteiger partial charge in [0, 0.05) is 6.04 Å². The summed E-state index contributed by atoms with van der Waals surface area (Å²) in [7, 11) is 0. The number of likely N-dealkylation sites (tertiary alicyclic amines) is 1. The lowest BCUT2D eigenvalue weighted by molar-refractivity contribution is 0.120. The van der Waals surface area contributed by atoms with Gasteiger partial charge in [-0.2, -0.15) is 4.98 Å². The van der Waals surface area contributed by atoms with Crippen LogP contribution in [0.3, 0.4) is 0 Å². The van der Waals surface area contributed by atoms with E-state index in [4.69, 9.17) is 10.3 Å². The molecule has 0 bridgehead atoms. The van der Waals surface area contributed by atoms with E-state index >= 15 is 0 Å². The third-order valence-corrected chi connectivity index (χ3v) is 3.60. The van der Waals surface area contributed by atoms with Gasteiger partial charge in [-0.3, -0.25) is 4.90 Å². The summed E-state index contributed by atoms with van der Waals surface area (Å²) in [5.41, 5.74) is 5.42. The first-order valence-electron chi connectivity index (χ1n) is 6.86. The highest BCUT2D eigenvalue weighted by atomic mass is 35.5. The molecule has 1 fully saturated rings. The maximum atomic E-state index is 5.96. The fourth-order valence-corrected chi connectivity index (χ4v) is 2.49. The minimum Gasteiger partial charge on any atom is -0.338 e. The van der Waals surface area contributed by atoms with Crippen molar-refractivity contribution in [3.8, 4) is 0 Å². The standard InChI is InChI=1S/C13H24N4O.ClH/c1-4-10-7-5-6-8-17(10)9-11-15-12(16-18-11)13(2,3)14;/h10H,4-9,14H2,1-3H3;1H. The SMILES string of the molecule is CCC1CCCCN1Cc1nc(C(C)(C)N)no1.Cl. The molecule has 1 aromatic heterocycles. The van der Waals surface area contributed by atoms with E-state index in [-0.39, 0.29) is 12.4 Å². The van der Waals surface area contributed by atoms with Crippen molar-refractivity contribution >= 4 is 12.4 Å². The highest BCUT2D eigenvalue weighted by molar-refractivity contribution is 5.85. The Morgan fingerprint density at radius 2 is 2.16 bits per heavy atom. The number of rotatable bonds is 4. The molecule has 0 aromatic carbocycles. The van der Waals surface area contributed by atoms with Crippen LogP contribution in [-0.2, 0) is 12.1 Å². The smallest absolute Gasteiger partial charge is 0.240 e. The molecule has 0 saturated carbocycles. The van der Waals surface area contributed by atoms with E-state index in [9.17, 15) is 0 Å². The average molecular weight is 289 g/mol. The number of halogens is 1. The van der Waals surface area contributed by atoms with Crippen LogP contribution in [0.1, 0.15) is 58.2 Å². The first-order chi connectivity index (χ1) is 8.50. The van der Waals surface area contributed by atoms with Crippen LogP contribution < -0.4 is 5.73 Å². The molecule has 2 rings (SSSR count). The molecule has 0 radical (unpaired) electrons. The Hall–Kier alpha value is -0.650. The maximum Gasteiger partial charge on any atom is 0.240 e. The van der Waals surface area contributed by atoms with Gasteiger partial charge in [-0.15, -0.1) is 12.4 Å². The molecule has 0 amide bonds. The molecule has 2 heterocycles. The van der Waals surface area contributed by atoms with E-state index in [1.807, 2.05) is 13.8 Å². The normalized spacial score (nSPS) is 21.2. The van der Waals surface area contributed by atoms with Gasteiger partial charge in [-0.1, -0.05) is 18.5 Å². The van der Waals surface area contributed by atoms with E-state index in [1.54, 1.807) is 0 Å². The lowest BCUT2D eigenvalue weighted by Crippen LogP contribution is -2.38. The van der Waals surface area contributed by atoms with E-state index < -0.39 is 5.54 Å². The third kappa shape index (κ3) is 4.16. The molecule has 1 aliphatic rings. The van der Waals surface area contributed by atoms with Crippen LogP contribution >= 0.6 is 12.4 Å². The maximum absolute atomic E-state index is 5.96. The van der Waals surface area contributed by atoms with Crippen LogP contribution in [0.25, 0.3) is 0 Å². The Bertz CT molecular complexity index is 388. The van der Waals surface area contributed by atoms with Gasteiger partial charge in [-0.25, -0.2) is 0 Å². The van der Waals surface area contributed by atoms with Crippen LogP contribution in [0.4, 0.5) is 0 Å². The van der Waals surface area contributed by atoms with E-state index in [1.165, 1.54) is 25.7 Å². The van der Waals surface area contributed by atoms with Crippen molar-refractivity contribution in [2.45, 2.75) is 64.6 Å². The number of nitrogens with zero attached hydrogens (tertiary/aromatic N) is 3. The Balaban J connectivity index is 0.00000180. The van der Waals surface area contributed by atoms with Gasteiger partial charge >= 0.3 is 0 Å². The second kappa shape index (κ2) is 6.68. The van der Waals surface area contributed by atoms with Crippen LogP contribution in [0.15, 0.2) is 4.52 Å². The zero-order chi connectivity index (χ0) is 13.2. The van der Waals surface area contributed by atoms with Crippen LogP contribution in [-0.4, -0.2) is 27.6 Å². The van der Waals surface area contributed by atoms with Crippen molar-refractivity contribution < 1.29 is 4.52 Å². The average Bonchev–Trinajstić information content (AvgIpc) is 2.78. The predicted octanol–water partition coefficient (Wildman–Crippen LogP) is 2.45. The van der Waals surface area contributed by atoms with Crippen molar-refractivity contribution in [1.82, 2.24) is 15.0 Å². The molecule has 110 valence electrons. The summed E-state index contributed by atoms with van der Waals surface area (Å²) in [6, 6.07) is 0.653. The summed E-state index contributed by atoms with van der Waals surface area (Å²) in [6.45, 7) is 7.89. The molecule has 2 N–H and O–H groups in total. The van der Waals surface area contributed by atoms with Crippen LogP contribution in [0.5, 0.6) is 0 Å². The zero-order valence-corrected chi connectivity index (χ0v) is 12.9. The Morgan fingerprint density at radius 3 is 2.74 bits per heavy atom. The highest BCUT2D eigenvalue weighted by Gasteiger charge is 2.25. The second-order valence-electron chi connectivity index (χ2n) is 5.76. The molecular weight excluding hydrogens is 264 g/mol. The van der Waals surface area contributed by atoms with Crippen molar-refractivity contribution in [3.05, 3.63) is 11.7 Å². The fraction of sp³-hybridized carbons (Fsp3) is 0.846. The lowest BCUT2D eigenvalue weighted by Gasteiger charge is -2.33. The van der Waals surface area contributed by atoms with E-state index in [2.05, 4.69) is 22.0 Å². The molecule has 1 saturated heterocycles. The molecule has 1 atom stereocenters. The number of hydrogen-bond donors (Lipinski definition) is 1. The molecule has 5 nitrogen and oxygen atoms in total. The topological polar surface area (TPSA) is 68.2 Å². The Kier molecular flexibility index (Phi) is 5.77. The van der Waals surface area contributed by atoms with E-state index in [0.29, 0.717) is 17.8 Å². The van der Waals surface area contributed by atoms with Crippen molar-refractivity contribution in [2.75, 3.05) is 6.54 Å². The number of piperidine rings is 1. The molecule has 1 unspecified atom stereocenters. The third-order valence-electron chi connectivity index (χ3n) is 3.60. The Labute approximate surface area is 121 Å². The molecule has 6 heteroatoms. The minimum atomic E-state index is -0.534. The van der Waals surface area contributed by atoms with Gasteiger partial charge in [0.25, 0.3) is 0 Å². The van der Waals surface area contributed by atoms with E-state index in [0.717, 1.165) is 13.1 Å².